The Hall–Kier alpha value is -3.35. The van der Waals surface area contributed by atoms with Crippen LogP contribution in [-0.2, 0) is 14.3 Å². The van der Waals surface area contributed by atoms with E-state index in [9.17, 15) is 19.5 Å². The van der Waals surface area contributed by atoms with Gasteiger partial charge in [0.25, 0.3) is 0 Å². The molecule has 1 aliphatic carbocycles. The molecule has 2 N–H and O–H groups in total. The van der Waals surface area contributed by atoms with Crippen LogP contribution in [0.4, 0.5) is 4.79 Å². The first-order chi connectivity index (χ1) is 15.4. The summed E-state index contributed by atoms with van der Waals surface area (Å²) < 4.78 is 5.58. The number of nitrogens with one attached hydrogen (secondary N) is 1. The minimum absolute atomic E-state index is 0.0716. The van der Waals surface area contributed by atoms with Crippen molar-refractivity contribution in [1.82, 2.24) is 10.2 Å². The normalized spacial score (nSPS) is 18.7. The van der Waals surface area contributed by atoms with Gasteiger partial charge in [-0.05, 0) is 34.6 Å². The van der Waals surface area contributed by atoms with Gasteiger partial charge in [-0.15, -0.1) is 0 Å². The first-order valence-electron chi connectivity index (χ1n) is 11.1. The van der Waals surface area contributed by atoms with E-state index in [2.05, 4.69) is 17.4 Å². The van der Waals surface area contributed by atoms with Crippen LogP contribution < -0.4 is 5.32 Å². The quantitative estimate of drug-likeness (QED) is 0.691. The van der Waals surface area contributed by atoms with Crippen molar-refractivity contribution in [1.29, 1.82) is 0 Å². The van der Waals surface area contributed by atoms with Crippen molar-refractivity contribution in [2.75, 3.05) is 13.2 Å². The number of nitrogens with zero attached hydrogens (tertiary/aromatic N) is 1. The maximum Gasteiger partial charge on any atom is 0.407 e. The van der Waals surface area contributed by atoms with Crippen LogP contribution in [0.1, 0.15) is 43.7 Å². The predicted molar refractivity (Wildman–Crippen MR) is 119 cm³/mol. The van der Waals surface area contributed by atoms with E-state index >= 15 is 0 Å². The smallest absolute Gasteiger partial charge is 0.407 e. The summed E-state index contributed by atoms with van der Waals surface area (Å²) in [6.07, 6.45) is 0.420. The van der Waals surface area contributed by atoms with Crippen LogP contribution in [0.5, 0.6) is 0 Å². The zero-order chi connectivity index (χ0) is 22.8. The molecule has 2 aromatic carbocycles. The third-order valence-corrected chi connectivity index (χ3v) is 6.68. The van der Waals surface area contributed by atoms with Gasteiger partial charge in [0.1, 0.15) is 18.7 Å². The van der Waals surface area contributed by atoms with Gasteiger partial charge in [-0.2, -0.15) is 0 Å². The van der Waals surface area contributed by atoms with E-state index < -0.39 is 24.1 Å². The van der Waals surface area contributed by atoms with Gasteiger partial charge in [0.2, 0.25) is 5.91 Å². The lowest BCUT2D eigenvalue weighted by Crippen LogP contribution is -2.61. The first-order valence-corrected chi connectivity index (χ1v) is 11.1. The molecule has 3 unspecified atom stereocenters. The lowest BCUT2D eigenvalue weighted by molar-refractivity contribution is -0.158. The molecule has 0 saturated carbocycles. The number of fused-ring (bicyclic) bond motifs is 3. The number of amides is 2. The molecular formula is C25H28N2O5. The average Bonchev–Trinajstić information content (AvgIpc) is 3.08. The van der Waals surface area contributed by atoms with Crippen molar-refractivity contribution in [3.05, 3.63) is 59.7 Å². The predicted octanol–water partition coefficient (Wildman–Crippen LogP) is 3.63. The van der Waals surface area contributed by atoms with Crippen molar-refractivity contribution in [2.24, 2.45) is 5.92 Å². The number of carboxylic acids is 1. The number of hydrogen-bond acceptors (Lipinski definition) is 4. The SMILES string of the molecule is CCC(C)C(NC(=O)OCC1c2ccccc2-c2ccccc21)C(=O)N1CCC1C(=O)O. The maximum atomic E-state index is 13.0. The largest absolute Gasteiger partial charge is 0.480 e. The van der Waals surface area contributed by atoms with Gasteiger partial charge >= 0.3 is 12.1 Å². The average molecular weight is 437 g/mol. The molecule has 1 fully saturated rings. The Bertz CT molecular complexity index is 991. The van der Waals surface area contributed by atoms with Gasteiger partial charge in [-0.3, -0.25) is 4.79 Å². The van der Waals surface area contributed by atoms with Gasteiger partial charge in [0, 0.05) is 12.5 Å². The monoisotopic (exact) mass is 436 g/mol. The summed E-state index contributed by atoms with van der Waals surface area (Å²) in [5.74, 6) is -1.61. The highest BCUT2D eigenvalue weighted by molar-refractivity contribution is 5.90. The Kier molecular flexibility index (Phi) is 6.17. The van der Waals surface area contributed by atoms with Crippen LogP contribution in [0.2, 0.25) is 0 Å². The molecule has 4 rings (SSSR count). The number of rotatable bonds is 7. The summed E-state index contributed by atoms with van der Waals surface area (Å²) in [6.45, 7) is 4.33. The number of carbonyl (C=O) groups is 3. The molecule has 7 nitrogen and oxygen atoms in total. The Morgan fingerprint density at radius 3 is 2.19 bits per heavy atom. The van der Waals surface area contributed by atoms with Gasteiger partial charge in [0.05, 0.1) is 0 Å². The number of carboxylic acid groups (broad SMARTS) is 1. The number of ether oxygens (including phenoxy) is 1. The van der Waals surface area contributed by atoms with E-state index in [1.165, 1.54) is 4.90 Å². The van der Waals surface area contributed by atoms with Gasteiger partial charge in [0.15, 0.2) is 0 Å². The second-order valence-corrected chi connectivity index (χ2v) is 8.51. The number of hydrogen-bond donors (Lipinski definition) is 2. The van der Waals surface area contributed by atoms with Gasteiger partial charge in [-0.25, -0.2) is 9.59 Å². The molecule has 0 aromatic heterocycles. The van der Waals surface area contributed by atoms with Crippen LogP contribution in [-0.4, -0.2) is 53.2 Å². The van der Waals surface area contributed by atoms with E-state index in [1.54, 1.807) is 0 Å². The van der Waals surface area contributed by atoms with E-state index in [4.69, 9.17) is 4.74 Å². The summed E-state index contributed by atoms with van der Waals surface area (Å²) in [7, 11) is 0. The summed E-state index contributed by atoms with van der Waals surface area (Å²) in [5.41, 5.74) is 4.51. The highest BCUT2D eigenvalue weighted by Gasteiger charge is 2.42. The Labute approximate surface area is 187 Å². The number of likely N-dealkylation sites (tertiary alicyclic amines) is 1. The molecule has 1 saturated heterocycles. The van der Waals surface area contributed by atoms with Crippen molar-refractivity contribution < 1.29 is 24.2 Å². The Morgan fingerprint density at radius 1 is 1.09 bits per heavy atom. The molecule has 2 aliphatic rings. The molecule has 1 heterocycles. The zero-order valence-electron chi connectivity index (χ0n) is 18.3. The second-order valence-electron chi connectivity index (χ2n) is 8.51. The Balaban J connectivity index is 1.44. The second kappa shape index (κ2) is 9.02. The molecular weight excluding hydrogens is 408 g/mol. The molecule has 0 bridgehead atoms. The van der Waals surface area contributed by atoms with E-state index in [1.807, 2.05) is 50.2 Å². The highest BCUT2D eigenvalue weighted by Crippen LogP contribution is 2.44. The Morgan fingerprint density at radius 2 is 1.69 bits per heavy atom. The zero-order valence-corrected chi connectivity index (χ0v) is 18.3. The fraction of sp³-hybridized carbons (Fsp3) is 0.400. The molecule has 2 amide bonds. The topological polar surface area (TPSA) is 95.9 Å². The number of alkyl carbamates (subject to hydrolysis) is 1. The standard InChI is InChI=1S/C25H28N2O5/c1-3-15(2)22(23(28)27-13-12-21(27)24(29)30)26-25(31)32-14-20-18-10-6-4-8-16(18)17-9-5-7-11-19(17)20/h4-11,15,20-22H,3,12-14H2,1-2H3,(H,26,31)(H,29,30). The minimum Gasteiger partial charge on any atom is -0.480 e. The minimum atomic E-state index is -1.02. The number of aliphatic carboxylic acids is 1. The summed E-state index contributed by atoms with van der Waals surface area (Å²) >= 11 is 0. The van der Waals surface area contributed by atoms with E-state index in [0.29, 0.717) is 19.4 Å². The maximum absolute atomic E-state index is 13.0. The molecule has 0 radical (unpaired) electrons. The third-order valence-electron chi connectivity index (χ3n) is 6.68. The summed E-state index contributed by atoms with van der Waals surface area (Å²) in [5, 5.41) is 12.0. The van der Waals surface area contributed by atoms with Gasteiger partial charge < -0.3 is 20.1 Å². The van der Waals surface area contributed by atoms with Crippen molar-refractivity contribution >= 4 is 18.0 Å². The van der Waals surface area contributed by atoms with E-state index in [0.717, 1.165) is 22.3 Å². The van der Waals surface area contributed by atoms with Crippen LogP contribution in [0, 0.1) is 5.92 Å². The number of carbonyl (C=O) groups excluding carboxylic acids is 2. The highest BCUT2D eigenvalue weighted by atomic mass is 16.5. The van der Waals surface area contributed by atoms with Crippen LogP contribution in [0.3, 0.4) is 0 Å². The van der Waals surface area contributed by atoms with Gasteiger partial charge in [-0.1, -0.05) is 68.8 Å². The molecule has 1 aliphatic heterocycles. The molecule has 7 heteroatoms. The van der Waals surface area contributed by atoms with E-state index in [-0.39, 0.29) is 24.3 Å². The molecule has 32 heavy (non-hydrogen) atoms. The lowest BCUT2D eigenvalue weighted by atomic mass is 9.94. The molecule has 0 spiro atoms. The van der Waals surface area contributed by atoms with Crippen molar-refractivity contribution in [3.63, 3.8) is 0 Å². The number of benzene rings is 2. The summed E-state index contributed by atoms with van der Waals surface area (Å²) in [4.78, 5) is 38.3. The molecule has 2 aromatic rings. The summed E-state index contributed by atoms with van der Waals surface area (Å²) in [6, 6.07) is 14.5. The fourth-order valence-corrected chi connectivity index (χ4v) is 4.54. The first kappa shape index (κ1) is 21.9. The lowest BCUT2D eigenvalue weighted by Gasteiger charge is -2.41. The molecule has 168 valence electrons. The van der Waals surface area contributed by atoms with Crippen molar-refractivity contribution in [3.8, 4) is 11.1 Å². The fourth-order valence-electron chi connectivity index (χ4n) is 4.54. The third kappa shape index (κ3) is 3.95. The van der Waals surface area contributed by atoms with Crippen LogP contribution in [0.25, 0.3) is 11.1 Å². The van der Waals surface area contributed by atoms with Crippen LogP contribution in [0.15, 0.2) is 48.5 Å². The van der Waals surface area contributed by atoms with Crippen molar-refractivity contribution in [2.45, 2.75) is 44.7 Å². The molecule has 3 atom stereocenters. The van der Waals surface area contributed by atoms with Crippen LogP contribution >= 0.6 is 0 Å².